The highest BCUT2D eigenvalue weighted by atomic mass is 16.2. The van der Waals surface area contributed by atoms with Crippen molar-refractivity contribution in [1.29, 1.82) is 0 Å². The zero-order valence-electron chi connectivity index (χ0n) is 10.7. The van der Waals surface area contributed by atoms with Gasteiger partial charge >= 0.3 is 0 Å². The Morgan fingerprint density at radius 3 is 2.79 bits per heavy atom. The molecule has 1 aromatic heterocycles. The van der Waals surface area contributed by atoms with Crippen LogP contribution in [0, 0.1) is 0 Å². The minimum Gasteiger partial charge on any atom is -0.347 e. The highest BCUT2D eigenvalue weighted by Gasteiger charge is 2.16. The number of nitrogens with zero attached hydrogens (tertiary/aromatic N) is 4. The fraction of sp³-hybridized carbons (Fsp3) is 0.636. The summed E-state index contributed by atoms with van der Waals surface area (Å²) in [6.07, 6.45) is 3.27. The van der Waals surface area contributed by atoms with E-state index in [0.29, 0.717) is 19.6 Å². The number of aromatic nitrogens is 3. The number of aryl methyl sites for hydroxylation is 1. The molecule has 1 aliphatic heterocycles. The van der Waals surface area contributed by atoms with E-state index in [4.69, 9.17) is 0 Å². The van der Waals surface area contributed by atoms with E-state index in [1.54, 1.807) is 15.9 Å². The number of carbonyl (C=O) groups is 2. The van der Waals surface area contributed by atoms with Crippen LogP contribution in [0.5, 0.6) is 0 Å². The van der Waals surface area contributed by atoms with Gasteiger partial charge in [-0.3, -0.25) is 14.3 Å². The minimum absolute atomic E-state index is 0.0318. The van der Waals surface area contributed by atoms with E-state index in [0.717, 1.165) is 13.1 Å². The number of nitrogens with one attached hydrogen (secondary N) is 2. The van der Waals surface area contributed by atoms with Gasteiger partial charge in [0.05, 0.1) is 13.1 Å². The van der Waals surface area contributed by atoms with Crippen molar-refractivity contribution in [3.8, 4) is 0 Å². The van der Waals surface area contributed by atoms with Gasteiger partial charge in [-0.25, -0.2) is 4.98 Å². The summed E-state index contributed by atoms with van der Waals surface area (Å²) >= 11 is 0. The van der Waals surface area contributed by atoms with E-state index in [1.165, 1.54) is 6.33 Å². The van der Waals surface area contributed by atoms with Gasteiger partial charge in [0.25, 0.3) is 0 Å². The fourth-order valence-electron chi connectivity index (χ4n) is 1.85. The molecule has 2 amide bonds. The van der Waals surface area contributed by atoms with E-state index >= 15 is 0 Å². The summed E-state index contributed by atoms with van der Waals surface area (Å²) in [6.45, 7) is 3.56. The van der Waals surface area contributed by atoms with Gasteiger partial charge in [-0.15, -0.1) is 0 Å². The molecule has 1 aromatic rings. The Bertz CT molecular complexity index is 413. The van der Waals surface area contributed by atoms with Crippen LogP contribution < -0.4 is 10.6 Å². The van der Waals surface area contributed by atoms with Gasteiger partial charge < -0.3 is 15.5 Å². The number of carbonyl (C=O) groups excluding carboxylic acids is 2. The van der Waals surface area contributed by atoms with Crippen LogP contribution in [-0.4, -0.2) is 64.2 Å². The quantitative estimate of drug-likeness (QED) is 0.657. The third-order valence-electron chi connectivity index (χ3n) is 2.94. The first kappa shape index (κ1) is 13.5. The highest BCUT2D eigenvalue weighted by molar-refractivity contribution is 5.84. The maximum absolute atomic E-state index is 11.8. The molecule has 0 atom stereocenters. The maximum atomic E-state index is 11.8. The lowest BCUT2D eigenvalue weighted by atomic mass is 10.3. The lowest BCUT2D eigenvalue weighted by molar-refractivity contribution is -0.133. The Hall–Kier alpha value is -1.96. The molecular weight excluding hydrogens is 248 g/mol. The summed E-state index contributed by atoms with van der Waals surface area (Å²) in [5, 5.41) is 9.70. The van der Waals surface area contributed by atoms with Crippen molar-refractivity contribution in [3.63, 3.8) is 0 Å². The molecule has 1 fully saturated rings. The molecule has 0 unspecified atom stereocenters. The Morgan fingerprint density at radius 1 is 1.32 bits per heavy atom. The summed E-state index contributed by atoms with van der Waals surface area (Å²) in [4.78, 5) is 28.9. The average Bonchev–Trinajstić information content (AvgIpc) is 2.96. The number of piperazine rings is 1. The molecule has 8 heteroatoms. The molecule has 0 radical (unpaired) electrons. The SMILES string of the molecule is O=C(CCn1cncn1)NCC(=O)N1CCNCC1. The van der Waals surface area contributed by atoms with Crippen LogP contribution in [0.25, 0.3) is 0 Å². The molecular formula is C11H18N6O2. The first-order chi connectivity index (χ1) is 9.25. The van der Waals surface area contributed by atoms with Crippen molar-refractivity contribution in [2.75, 3.05) is 32.7 Å². The van der Waals surface area contributed by atoms with E-state index < -0.39 is 0 Å². The Labute approximate surface area is 111 Å². The van der Waals surface area contributed by atoms with Gasteiger partial charge in [-0.2, -0.15) is 5.10 Å². The molecule has 2 heterocycles. The van der Waals surface area contributed by atoms with Crippen molar-refractivity contribution >= 4 is 11.8 Å². The van der Waals surface area contributed by atoms with Gasteiger partial charge in [-0.1, -0.05) is 0 Å². The van der Waals surface area contributed by atoms with Crippen LogP contribution in [0.4, 0.5) is 0 Å². The van der Waals surface area contributed by atoms with Gasteiger partial charge in [0.2, 0.25) is 11.8 Å². The molecule has 0 spiro atoms. The van der Waals surface area contributed by atoms with Crippen molar-refractivity contribution in [2.24, 2.45) is 0 Å². The summed E-state index contributed by atoms with van der Waals surface area (Å²) in [5.74, 6) is -0.186. The molecule has 0 bridgehead atoms. The van der Waals surface area contributed by atoms with Crippen LogP contribution >= 0.6 is 0 Å². The van der Waals surface area contributed by atoms with E-state index in [1.807, 2.05) is 0 Å². The van der Waals surface area contributed by atoms with E-state index in [-0.39, 0.29) is 24.8 Å². The first-order valence-corrected chi connectivity index (χ1v) is 6.33. The largest absolute Gasteiger partial charge is 0.347 e. The van der Waals surface area contributed by atoms with Crippen molar-refractivity contribution in [2.45, 2.75) is 13.0 Å². The van der Waals surface area contributed by atoms with E-state index in [2.05, 4.69) is 20.7 Å². The Kier molecular flexibility index (Phi) is 4.85. The number of hydrogen-bond acceptors (Lipinski definition) is 5. The summed E-state index contributed by atoms with van der Waals surface area (Å²) in [7, 11) is 0. The predicted molar refractivity (Wildman–Crippen MR) is 67.1 cm³/mol. The summed E-state index contributed by atoms with van der Waals surface area (Å²) < 4.78 is 1.58. The molecule has 2 N–H and O–H groups in total. The monoisotopic (exact) mass is 266 g/mol. The number of rotatable bonds is 5. The van der Waals surface area contributed by atoms with Gasteiger partial charge in [0.15, 0.2) is 0 Å². The lowest BCUT2D eigenvalue weighted by Crippen LogP contribution is -2.49. The molecule has 1 saturated heterocycles. The molecule has 0 saturated carbocycles. The van der Waals surface area contributed by atoms with Crippen LogP contribution in [0.3, 0.4) is 0 Å². The van der Waals surface area contributed by atoms with Crippen LogP contribution in [0.1, 0.15) is 6.42 Å². The normalized spacial score (nSPS) is 15.3. The van der Waals surface area contributed by atoms with Gasteiger partial charge in [-0.05, 0) is 0 Å². The standard InChI is InChI=1S/C11H18N6O2/c18-10(1-4-17-9-13-8-15-17)14-7-11(19)16-5-2-12-3-6-16/h8-9,12H,1-7H2,(H,14,18). The van der Waals surface area contributed by atoms with Crippen molar-refractivity contribution < 1.29 is 9.59 Å². The molecule has 0 aromatic carbocycles. The van der Waals surface area contributed by atoms with Crippen LogP contribution in [0.15, 0.2) is 12.7 Å². The zero-order valence-corrected chi connectivity index (χ0v) is 10.7. The van der Waals surface area contributed by atoms with E-state index in [9.17, 15) is 9.59 Å². The third kappa shape index (κ3) is 4.32. The molecule has 8 nitrogen and oxygen atoms in total. The average molecular weight is 266 g/mol. The zero-order chi connectivity index (χ0) is 13.5. The minimum atomic E-state index is -0.154. The second kappa shape index (κ2) is 6.83. The van der Waals surface area contributed by atoms with Gasteiger partial charge in [0, 0.05) is 32.6 Å². The first-order valence-electron chi connectivity index (χ1n) is 6.33. The predicted octanol–water partition coefficient (Wildman–Crippen LogP) is -1.78. The van der Waals surface area contributed by atoms with Crippen molar-refractivity contribution in [3.05, 3.63) is 12.7 Å². The second-order valence-electron chi connectivity index (χ2n) is 4.32. The molecule has 19 heavy (non-hydrogen) atoms. The summed E-state index contributed by atoms with van der Waals surface area (Å²) in [5.41, 5.74) is 0. The van der Waals surface area contributed by atoms with Crippen LogP contribution in [-0.2, 0) is 16.1 Å². The second-order valence-corrected chi connectivity index (χ2v) is 4.32. The molecule has 2 rings (SSSR count). The van der Waals surface area contributed by atoms with Crippen molar-refractivity contribution in [1.82, 2.24) is 30.3 Å². The molecule has 1 aliphatic rings. The Balaban J connectivity index is 1.64. The molecule has 0 aliphatic carbocycles. The highest BCUT2D eigenvalue weighted by Crippen LogP contribution is 1.93. The third-order valence-corrected chi connectivity index (χ3v) is 2.94. The smallest absolute Gasteiger partial charge is 0.242 e. The maximum Gasteiger partial charge on any atom is 0.242 e. The summed E-state index contributed by atoms with van der Waals surface area (Å²) in [6, 6.07) is 0. The molecule has 104 valence electrons. The van der Waals surface area contributed by atoms with Crippen LogP contribution in [0.2, 0.25) is 0 Å². The van der Waals surface area contributed by atoms with Gasteiger partial charge in [0.1, 0.15) is 12.7 Å². The fourth-order valence-corrected chi connectivity index (χ4v) is 1.85. The Morgan fingerprint density at radius 2 is 2.11 bits per heavy atom. The number of amides is 2. The number of hydrogen-bond donors (Lipinski definition) is 2. The topological polar surface area (TPSA) is 92.1 Å². The lowest BCUT2D eigenvalue weighted by Gasteiger charge is -2.27.